The summed E-state index contributed by atoms with van der Waals surface area (Å²) in [5.41, 5.74) is 4.98. The van der Waals surface area contributed by atoms with Gasteiger partial charge >= 0.3 is 0 Å². The quantitative estimate of drug-likeness (QED) is 0.0262. The van der Waals surface area contributed by atoms with Crippen LogP contribution in [0.3, 0.4) is 0 Å². The summed E-state index contributed by atoms with van der Waals surface area (Å²) in [6, 6.07) is -3.67. The Kier molecular flexibility index (Phi) is 69.8. The summed E-state index contributed by atoms with van der Waals surface area (Å²) in [4.78, 5) is 202. The summed E-state index contributed by atoms with van der Waals surface area (Å²) in [5.74, 6) is -2.09. The molecule has 27 nitrogen and oxygen atoms in total. The molecule has 0 bridgehead atoms. The predicted molar refractivity (Wildman–Crippen MR) is 476 cm³/mol. The Morgan fingerprint density at radius 1 is 0.460 bits per heavy atom. The Morgan fingerprint density at radius 3 is 1.23 bits per heavy atom. The van der Waals surface area contributed by atoms with E-state index in [0.717, 1.165) is 83.5 Å². The first kappa shape index (κ1) is 131. The van der Waals surface area contributed by atoms with Crippen LogP contribution in [0.25, 0.3) is 0 Å². The van der Waals surface area contributed by atoms with E-state index >= 15 is 0 Å². The number of nitrogens with two attached hydrogens (primary N) is 1. The molecule has 724 valence electrons. The molecule has 9 N–H and O–H groups in total. The first-order chi connectivity index (χ1) is 56.7. The van der Waals surface area contributed by atoms with E-state index in [9.17, 15) is 76.7 Å². The van der Waals surface area contributed by atoms with Gasteiger partial charge in [0.25, 0.3) is 0 Å². The van der Waals surface area contributed by atoms with Crippen molar-refractivity contribution in [2.24, 2.45) is 75.7 Å². The first-order valence-corrected chi connectivity index (χ1v) is 45.0. The van der Waals surface area contributed by atoms with Crippen LogP contribution in [0.2, 0.25) is 0 Å². The van der Waals surface area contributed by atoms with E-state index in [4.69, 9.17) is 5.73 Å². The summed E-state index contributed by atoms with van der Waals surface area (Å²) in [6.45, 7) is 50.5. The van der Waals surface area contributed by atoms with Crippen molar-refractivity contribution in [1.82, 2.24) is 51.9 Å². The van der Waals surface area contributed by atoms with Crippen molar-refractivity contribution in [3.63, 3.8) is 0 Å². The van der Waals surface area contributed by atoms with Gasteiger partial charge in [-0.05, 0) is 168 Å². The Balaban J connectivity index is -0.000000480. The van der Waals surface area contributed by atoms with Gasteiger partial charge in [-0.3, -0.25) is 76.7 Å². The Morgan fingerprint density at radius 2 is 0.857 bits per heavy atom. The molecule has 0 aromatic heterocycles. The van der Waals surface area contributed by atoms with Crippen molar-refractivity contribution < 1.29 is 182 Å². The second-order valence-electron chi connectivity index (χ2n) is 36.4. The number of piperidine rings is 2. The maximum atomic E-state index is 13.3. The molecule has 3 aliphatic heterocycles. The van der Waals surface area contributed by atoms with Gasteiger partial charge in [0.05, 0.1) is 30.2 Å². The van der Waals surface area contributed by atoms with E-state index in [1.807, 2.05) is 53.4 Å². The summed E-state index contributed by atoms with van der Waals surface area (Å²) >= 11 is 0. The fraction of sp³-hybridized carbons (Fsp3) is 0.777. The van der Waals surface area contributed by atoms with Crippen LogP contribution in [0.5, 0.6) is 0 Å². The summed E-state index contributed by atoms with van der Waals surface area (Å²) in [6.07, 6.45) is 16.3. The number of ketones is 10. The molecule has 2 aliphatic carbocycles. The van der Waals surface area contributed by atoms with Gasteiger partial charge in [0.15, 0.2) is 28.9 Å². The molecule has 0 aromatic carbocycles. The number of nitrogens with zero attached hydrogens (tertiary/aromatic N) is 3. The number of hydrogen-bond donors (Lipinski definition) is 8. The van der Waals surface area contributed by atoms with E-state index in [2.05, 4.69) is 99.5 Å². The average molecular weight is 2620 g/mol. The first-order valence-electron chi connectivity index (χ1n) is 45.0. The normalized spacial score (nSPS) is 20.1. The third-order valence-corrected chi connectivity index (χ3v) is 25.6. The van der Waals surface area contributed by atoms with Crippen LogP contribution in [0.1, 0.15) is 284 Å². The van der Waals surface area contributed by atoms with E-state index < -0.39 is 41.8 Å². The van der Waals surface area contributed by atoms with Gasteiger partial charge in [-0.25, -0.2) is 0 Å². The molecular formula is C94H162N11O16W5-5. The van der Waals surface area contributed by atoms with Gasteiger partial charge in [-0.15, -0.1) is 0 Å². The Bertz CT molecular complexity index is 3360. The average Bonchev–Trinajstić information content (AvgIpc) is 1.52. The standard InChI is InChI=1S/C21H33N2O3.C19H33N2O3.C19H35N2O3.C18H32N3O4.C17H29N2O3.5W/c1-6-16(22-5)17(25)10-14(9-13-7-8-13)20(26)23-11-15-18(21(15,3)4)19(23)12(2)24;1-7-15(20-6)17(23)12-14(19(3,4)5)18(24)21-11-9-8-10-16(21)13(2)22;1-6-9-11-15(13-18(23)16(8-3)20-5)19(24)21-17(14(4)22)12-10-7-2;1-6-11(3)17(12(4)22)21-18(25)13(8-9-16(19)24)10-15(23)14(7-2)20-5;1-6-14(18-5)16(21)10-13(11(2)3)17(22)19-9-7-8-15(19)12(4)20;;;;;/h13-16,18-19,22H,1,6-11H2,2-5H3;14-16,20H,1,7-12H2,2-6H3;15-17,20H,3,6-13H2,1-2,4-5H3,(H,21,24);11,13-14,17,20H,2,6-10H2,1,3-5H3,(H2,19,24)(H,21,25);11,13-15,18H,1,6-10H2,2-5H3;;;;;/q5*-1;;;;;/t14-,15?,16+,18?,19-;14-,15+,16+;15-,16+,17+;11?,13-,14+,17+;13-,14-,15-;;;;;/m11110...../s1. The van der Waals surface area contributed by atoms with Crippen molar-refractivity contribution in [3.05, 3.63) is 34.6 Å². The van der Waals surface area contributed by atoms with Gasteiger partial charge in [0.1, 0.15) is 28.9 Å². The zero-order valence-electron chi connectivity index (χ0n) is 80.3. The Labute approximate surface area is 830 Å². The van der Waals surface area contributed by atoms with E-state index in [1.165, 1.54) is 20.8 Å². The number of likely N-dealkylation sites (tertiary alicyclic amines) is 3. The number of carbonyl (C=O) groups excluding carboxylic acids is 16. The number of nitrogens with one attached hydrogen (secondary N) is 7. The number of rotatable bonds is 51. The Hall–Kier alpha value is -3.24. The molecule has 126 heavy (non-hydrogen) atoms. The van der Waals surface area contributed by atoms with Crippen LogP contribution in [-0.4, -0.2) is 223 Å². The molecule has 0 spiro atoms. The number of primary amides is 1. The SMILES string of the molecule is [CH2-]C[C@H](NC)C(=O)C[C@@H](CC1CC1)C(=O)N1CC2C([C@H]1C(C)=O)C2(C)C.[CH2-]C[C@H](NC)C(=O)C[C@@H](CCC(N)=O)C(=O)N[C@H](C(C)=O)C(C)CC.[CH2-]C[C@H](NC)C(=O)C[C@@H](CCCC)C(=O)N[C@@H](CCCC)C(C)=O.[CH2-]C[C@H](NC)C(=O)C[C@H](C(=O)N1CCCC[C@H]1C(C)=O)C(C)(C)C.[CH2-]C[C@H](NC)C(=O)C[C@H](C(=O)N1CCC[C@H]1C(C)=O)C(C)C.[W].[W].[W].[W].[W]. The molecule has 0 aromatic rings. The van der Waals surface area contributed by atoms with Crippen LogP contribution < -0.4 is 43.0 Å². The minimum Gasteiger partial charge on any atom is -0.370 e. The van der Waals surface area contributed by atoms with Crippen LogP contribution in [0.15, 0.2) is 0 Å². The zero-order chi connectivity index (χ0) is 92.7. The number of hydrogen-bond acceptors (Lipinski definition) is 21. The van der Waals surface area contributed by atoms with Crippen LogP contribution in [-0.2, 0) is 182 Å². The number of unbranched alkanes of at least 4 members (excludes halogenated alkanes) is 2. The number of carbonyl (C=O) groups is 16. The molecule has 5 aliphatic rings. The van der Waals surface area contributed by atoms with Crippen molar-refractivity contribution in [2.45, 2.75) is 345 Å². The van der Waals surface area contributed by atoms with Crippen LogP contribution in [0.4, 0.5) is 0 Å². The number of amides is 6. The summed E-state index contributed by atoms with van der Waals surface area (Å²) in [7, 11) is 8.60. The maximum Gasteiger partial charge on any atom is 0.227 e. The number of Topliss-reactive ketones (excluding diaryl/α,β-unsaturated/α-hetero) is 10. The van der Waals surface area contributed by atoms with Crippen molar-refractivity contribution in [3.8, 4) is 0 Å². The molecule has 5 fully saturated rings. The van der Waals surface area contributed by atoms with Gasteiger partial charge < -0.3 is 92.3 Å². The number of likely N-dealkylation sites (N-methyl/N-ethyl adjacent to an activating group) is 5. The molecule has 3 unspecified atom stereocenters. The minimum absolute atomic E-state index is 0. The molecule has 18 atom stereocenters. The minimum atomic E-state index is -0.701. The molecule has 0 radical (unpaired) electrons. The van der Waals surface area contributed by atoms with Crippen LogP contribution >= 0.6 is 0 Å². The van der Waals surface area contributed by atoms with E-state index in [0.29, 0.717) is 76.4 Å². The molecule has 3 heterocycles. The van der Waals surface area contributed by atoms with Crippen molar-refractivity contribution >= 4 is 93.3 Å². The van der Waals surface area contributed by atoms with E-state index in [-0.39, 0.29) is 320 Å². The van der Waals surface area contributed by atoms with E-state index in [1.54, 1.807) is 58.9 Å². The molecule has 2 saturated carbocycles. The van der Waals surface area contributed by atoms with Gasteiger partial charge in [-0.1, -0.05) is 121 Å². The van der Waals surface area contributed by atoms with Gasteiger partial charge in [0.2, 0.25) is 35.4 Å². The maximum absolute atomic E-state index is 13.3. The third-order valence-electron chi connectivity index (χ3n) is 25.6. The molecular weight excluding hydrogens is 2460 g/mol. The monoisotopic (exact) mass is 2620 g/mol. The third kappa shape index (κ3) is 43.4. The summed E-state index contributed by atoms with van der Waals surface area (Å²) < 4.78 is 0. The molecule has 3 saturated heterocycles. The summed E-state index contributed by atoms with van der Waals surface area (Å²) in [5, 5.41) is 20.3. The number of fused-ring (bicyclic) bond motifs is 1. The second kappa shape index (κ2) is 67.0. The van der Waals surface area contributed by atoms with Crippen LogP contribution in [0, 0.1) is 105 Å². The van der Waals surface area contributed by atoms with Crippen molar-refractivity contribution in [2.75, 3.05) is 54.9 Å². The molecule has 6 amide bonds. The predicted octanol–water partition coefficient (Wildman–Crippen LogP) is 9.82. The van der Waals surface area contributed by atoms with Crippen molar-refractivity contribution in [1.29, 1.82) is 0 Å². The molecule has 5 rings (SSSR count). The fourth-order valence-corrected chi connectivity index (χ4v) is 16.9. The molecule has 32 heteroatoms. The fourth-order valence-electron chi connectivity index (χ4n) is 16.9. The topological polar surface area (TPSA) is 393 Å². The largest absolute Gasteiger partial charge is 0.370 e. The van der Waals surface area contributed by atoms with Gasteiger partial charge in [0, 0.05) is 223 Å². The smallest absolute Gasteiger partial charge is 0.227 e. The zero-order valence-corrected chi connectivity index (χ0v) is 95.0. The van der Waals surface area contributed by atoms with Gasteiger partial charge in [-0.2, -0.15) is 32.1 Å². The second-order valence-corrected chi connectivity index (χ2v) is 36.4.